The molecule has 112 valence electrons. The highest BCUT2D eigenvalue weighted by Crippen LogP contribution is 2.25. The molecule has 1 aromatic carbocycles. The number of methoxy groups -OCH3 is 2. The van der Waals surface area contributed by atoms with Gasteiger partial charge in [0, 0.05) is 6.07 Å². The van der Waals surface area contributed by atoms with Crippen molar-refractivity contribution in [3.05, 3.63) is 53.0 Å². The largest absolute Gasteiger partial charge is 0.497 e. The fourth-order valence-corrected chi connectivity index (χ4v) is 1.99. The number of allylic oxidation sites excluding steroid dienone is 1. The molecule has 5 nitrogen and oxygen atoms in total. The first-order valence-corrected chi connectivity index (χ1v) is 6.52. The number of nitrogens with zero attached hydrogens (tertiary/aromatic N) is 1. The molecule has 0 spiro atoms. The van der Waals surface area contributed by atoms with Gasteiger partial charge < -0.3 is 13.9 Å². The maximum atomic E-state index is 12.4. The van der Waals surface area contributed by atoms with E-state index in [9.17, 15) is 10.1 Å². The number of carbonyl (C=O) groups is 1. The predicted molar refractivity (Wildman–Crippen MR) is 80.9 cm³/mol. The number of ether oxygens (including phenoxy) is 2. The molecule has 0 saturated carbocycles. The molecular weight excluding hydrogens is 282 g/mol. The summed E-state index contributed by atoms with van der Waals surface area (Å²) in [5.41, 5.74) is 1.03. The third-order valence-electron chi connectivity index (χ3n) is 3.15. The highest BCUT2D eigenvalue weighted by Gasteiger charge is 2.16. The molecule has 0 unspecified atom stereocenters. The van der Waals surface area contributed by atoms with E-state index >= 15 is 0 Å². The molecule has 0 N–H and O–H groups in total. The minimum Gasteiger partial charge on any atom is -0.497 e. The number of benzene rings is 1. The molecule has 0 aliphatic rings. The molecule has 1 heterocycles. The minimum absolute atomic E-state index is 0.0137. The van der Waals surface area contributed by atoms with Crippen LogP contribution in [0.1, 0.15) is 21.7 Å². The molecule has 0 saturated heterocycles. The smallest absolute Gasteiger partial charge is 0.207 e. The molecule has 5 heteroatoms. The Kier molecular flexibility index (Phi) is 4.64. The van der Waals surface area contributed by atoms with Crippen molar-refractivity contribution < 1.29 is 18.7 Å². The van der Waals surface area contributed by atoms with E-state index in [4.69, 9.17) is 13.9 Å². The van der Waals surface area contributed by atoms with E-state index in [1.807, 2.05) is 6.07 Å². The quantitative estimate of drug-likeness (QED) is 0.480. The third kappa shape index (κ3) is 3.18. The Morgan fingerprint density at radius 2 is 1.86 bits per heavy atom. The summed E-state index contributed by atoms with van der Waals surface area (Å²) in [4.78, 5) is 12.4. The number of carbonyl (C=O) groups excluding carboxylic acids is 1. The lowest BCUT2D eigenvalue weighted by Crippen LogP contribution is -2.02. The van der Waals surface area contributed by atoms with Crippen molar-refractivity contribution in [3.63, 3.8) is 0 Å². The van der Waals surface area contributed by atoms with Crippen LogP contribution in [0.2, 0.25) is 0 Å². The summed E-state index contributed by atoms with van der Waals surface area (Å²) in [6, 6.07) is 8.63. The molecule has 1 aromatic heterocycles. The van der Waals surface area contributed by atoms with Gasteiger partial charge in [-0.3, -0.25) is 4.79 Å². The summed E-state index contributed by atoms with van der Waals surface area (Å²) < 4.78 is 15.5. The van der Waals surface area contributed by atoms with Crippen LogP contribution in [0, 0.1) is 18.3 Å². The normalized spacial score (nSPS) is 10.9. The van der Waals surface area contributed by atoms with E-state index in [1.54, 1.807) is 31.2 Å². The summed E-state index contributed by atoms with van der Waals surface area (Å²) in [7, 11) is 3.07. The van der Waals surface area contributed by atoms with Gasteiger partial charge in [0.05, 0.1) is 26.0 Å². The molecule has 0 atom stereocenters. The van der Waals surface area contributed by atoms with Crippen molar-refractivity contribution in [2.24, 2.45) is 0 Å². The van der Waals surface area contributed by atoms with E-state index in [2.05, 4.69) is 0 Å². The lowest BCUT2D eigenvalue weighted by atomic mass is 10.0. The zero-order valence-corrected chi connectivity index (χ0v) is 12.5. The molecule has 0 amide bonds. The first kappa shape index (κ1) is 15.4. The summed E-state index contributed by atoms with van der Waals surface area (Å²) in [5, 5.41) is 9.27. The molecule has 0 bridgehead atoms. The number of aryl methyl sites for hydroxylation is 1. The summed E-state index contributed by atoms with van der Waals surface area (Å²) in [6.07, 6.45) is 2.92. The monoisotopic (exact) mass is 297 g/mol. The highest BCUT2D eigenvalue weighted by atomic mass is 16.5. The van der Waals surface area contributed by atoms with Crippen LogP contribution in [0.5, 0.6) is 11.5 Å². The van der Waals surface area contributed by atoms with Gasteiger partial charge in [0.1, 0.15) is 28.9 Å². The minimum atomic E-state index is -0.379. The molecular formula is C17H15NO4. The Morgan fingerprint density at radius 1 is 1.23 bits per heavy atom. The van der Waals surface area contributed by atoms with Gasteiger partial charge in [-0.25, -0.2) is 0 Å². The maximum Gasteiger partial charge on any atom is 0.207 e. The maximum absolute atomic E-state index is 12.4. The number of ketones is 1. The van der Waals surface area contributed by atoms with Crippen LogP contribution in [-0.2, 0) is 0 Å². The lowest BCUT2D eigenvalue weighted by Gasteiger charge is -2.06. The molecule has 2 rings (SSSR count). The van der Waals surface area contributed by atoms with Crippen molar-refractivity contribution in [1.82, 2.24) is 0 Å². The summed E-state index contributed by atoms with van der Waals surface area (Å²) in [5.74, 6) is 1.26. The fourth-order valence-electron chi connectivity index (χ4n) is 1.99. The van der Waals surface area contributed by atoms with Crippen molar-refractivity contribution in [2.45, 2.75) is 6.92 Å². The van der Waals surface area contributed by atoms with Gasteiger partial charge in [-0.15, -0.1) is 0 Å². The predicted octanol–water partition coefficient (Wildman–Crippen LogP) is 3.40. The number of hydrogen-bond acceptors (Lipinski definition) is 5. The zero-order chi connectivity index (χ0) is 16.1. The van der Waals surface area contributed by atoms with E-state index in [-0.39, 0.29) is 11.4 Å². The van der Waals surface area contributed by atoms with Crippen LogP contribution in [0.15, 0.2) is 40.5 Å². The first-order chi connectivity index (χ1) is 10.6. The summed E-state index contributed by atoms with van der Waals surface area (Å²) >= 11 is 0. The molecule has 0 aliphatic heterocycles. The molecule has 0 fully saturated rings. The number of nitriles is 1. The third-order valence-corrected chi connectivity index (χ3v) is 3.15. The molecule has 0 radical (unpaired) electrons. The van der Waals surface area contributed by atoms with Crippen LogP contribution >= 0.6 is 0 Å². The van der Waals surface area contributed by atoms with Gasteiger partial charge in [-0.05, 0) is 36.8 Å². The Morgan fingerprint density at radius 3 is 2.32 bits per heavy atom. The van der Waals surface area contributed by atoms with Gasteiger partial charge in [0.2, 0.25) is 5.78 Å². The number of Topliss-reactive ketones (excluding diaryl/α,β-unsaturated/α-hetero) is 1. The van der Waals surface area contributed by atoms with Crippen LogP contribution in [-0.4, -0.2) is 20.0 Å². The Hall–Kier alpha value is -3.00. The lowest BCUT2D eigenvalue weighted by molar-refractivity contribution is 0.103. The second-order valence-corrected chi connectivity index (χ2v) is 4.54. The summed E-state index contributed by atoms with van der Waals surface area (Å²) in [6.45, 7) is 1.68. The molecule has 2 aromatic rings. The van der Waals surface area contributed by atoms with Gasteiger partial charge in [-0.1, -0.05) is 0 Å². The average Bonchev–Trinajstić information content (AvgIpc) is 2.97. The van der Waals surface area contributed by atoms with Crippen LogP contribution in [0.3, 0.4) is 0 Å². The number of hydrogen-bond donors (Lipinski definition) is 0. The van der Waals surface area contributed by atoms with Gasteiger partial charge in [-0.2, -0.15) is 5.26 Å². The Balaban J connectivity index is 2.43. The average molecular weight is 297 g/mol. The van der Waals surface area contributed by atoms with Gasteiger partial charge >= 0.3 is 0 Å². The fraction of sp³-hybridized carbons (Fsp3) is 0.176. The van der Waals surface area contributed by atoms with Crippen molar-refractivity contribution >= 4 is 11.9 Å². The van der Waals surface area contributed by atoms with E-state index in [0.29, 0.717) is 28.4 Å². The zero-order valence-electron chi connectivity index (χ0n) is 12.5. The second kappa shape index (κ2) is 6.64. The van der Waals surface area contributed by atoms with Crippen molar-refractivity contribution in [3.8, 4) is 17.6 Å². The van der Waals surface area contributed by atoms with Crippen LogP contribution in [0.25, 0.3) is 6.08 Å². The van der Waals surface area contributed by atoms with E-state index in [1.165, 1.54) is 26.6 Å². The SMILES string of the molecule is COc1cc(/C=C(\C#N)C(=O)c2ccoc2C)cc(OC)c1. The molecule has 0 aliphatic carbocycles. The van der Waals surface area contributed by atoms with Gasteiger partial charge in [0.25, 0.3) is 0 Å². The number of rotatable bonds is 5. The Labute approximate surface area is 128 Å². The standard InChI is InChI=1S/C17H15NO4/c1-11-16(4-5-22-11)17(19)13(10-18)6-12-7-14(20-2)9-15(8-12)21-3/h4-9H,1-3H3/b13-6+. The van der Waals surface area contributed by atoms with E-state index in [0.717, 1.165) is 0 Å². The highest BCUT2D eigenvalue weighted by molar-refractivity contribution is 6.14. The van der Waals surface area contributed by atoms with Crippen molar-refractivity contribution in [2.75, 3.05) is 14.2 Å². The van der Waals surface area contributed by atoms with Crippen LogP contribution < -0.4 is 9.47 Å². The first-order valence-electron chi connectivity index (χ1n) is 6.52. The topological polar surface area (TPSA) is 72.5 Å². The van der Waals surface area contributed by atoms with Crippen molar-refractivity contribution in [1.29, 1.82) is 5.26 Å². The molecule has 22 heavy (non-hydrogen) atoms. The second-order valence-electron chi connectivity index (χ2n) is 4.54. The van der Waals surface area contributed by atoms with Gasteiger partial charge in [0.15, 0.2) is 0 Å². The van der Waals surface area contributed by atoms with Crippen LogP contribution in [0.4, 0.5) is 0 Å². The van der Waals surface area contributed by atoms with E-state index < -0.39 is 0 Å². The Bertz CT molecular complexity index is 743. The number of furan rings is 1.